The average Bonchev–Trinajstić information content (AvgIpc) is 2.47. The van der Waals surface area contributed by atoms with Crippen LogP contribution in [0.5, 0.6) is 0 Å². The second-order valence-electron chi connectivity index (χ2n) is 3.12. The average molecular weight is 183 g/mol. The topological polar surface area (TPSA) is 12.0 Å². The maximum atomic E-state index is 3.47. The molecule has 0 aliphatic rings. The second-order valence-corrected chi connectivity index (χ2v) is 4.44. The summed E-state index contributed by atoms with van der Waals surface area (Å²) in [4.78, 5) is 2.84. The van der Waals surface area contributed by atoms with Crippen molar-refractivity contribution in [1.82, 2.24) is 5.32 Å². The van der Waals surface area contributed by atoms with Gasteiger partial charge < -0.3 is 5.32 Å². The molecule has 0 aliphatic heterocycles. The predicted octanol–water partition coefficient (Wildman–Crippen LogP) is 3.12. The van der Waals surface area contributed by atoms with Crippen LogP contribution in [0.4, 0.5) is 0 Å². The molecule has 0 aliphatic carbocycles. The Kier molecular flexibility index (Phi) is 3.76. The van der Waals surface area contributed by atoms with Crippen LogP contribution in [0.15, 0.2) is 12.1 Å². The third kappa shape index (κ3) is 2.61. The molecule has 0 radical (unpaired) electrons. The van der Waals surface area contributed by atoms with E-state index < -0.39 is 0 Å². The van der Waals surface area contributed by atoms with Crippen LogP contribution in [0.25, 0.3) is 0 Å². The number of aryl methyl sites for hydroxylation is 1. The summed E-state index contributed by atoms with van der Waals surface area (Å²) in [6.07, 6.45) is 1.20. The van der Waals surface area contributed by atoms with E-state index >= 15 is 0 Å². The van der Waals surface area contributed by atoms with Gasteiger partial charge in [0, 0.05) is 15.8 Å². The van der Waals surface area contributed by atoms with Crippen LogP contribution in [-0.2, 0) is 0 Å². The third-order valence-corrected chi connectivity index (χ3v) is 3.07. The molecule has 0 spiro atoms. The van der Waals surface area contributed by atoms with Gasteiger partial charge in [-0.15, -0.1) is 11.3 Å². The number of hydrogen-bond donors (Lipinski definition) is 1. The van der Waals surface area contributed by atoms with E-state index in [0.717, 1.165) is 6.54 Å². The fraction of sp³-hybridized carbons (Fsp3) is 0.600. The minimum Gasteiger partial charge on any atom is -0.309 e. The van der Waals surface area contributed by atoms with Crippen LogP contribution in [0.1, 0.15) is 36.1 Å². The molecule has 0 saturated heterocycles. The van der Waals surface area contributed by atoms with Gasteiger partial charge in [-0.2, -0.15) is 0 Å². The quantitative estimate of drug-likeness (QED) is 0.756. The maximum Gasteiger partial charge on any atom is 0.0386 e. The van der Waals surface area contributed by atoms with Crippen LogP contribution in [0.3, 0.4) is 0 Å². The fourth-order valence-electron chi connectivity index (χ4n) is 1.15. The van der Waals surface area contributed by atoms with Crippen molar-refractivity contribution >= 4 is 11.3 Å². The molecule has 0 fully saturated rings. The van der Waals surface area contributed by atoms with Gasteiger partial charge in [-0.1, -0.05) is 6.92 Å². The molecule has 0 bridgehead atoms. The molecule has 12 heavy (non-hydrogen) atoms. The van der Waals surface area contributed by atoms with Crippen LogP contribution >= 0.6 is 11.3 Å². The summed E-state index contributed by atoms with van der Waals surface area (Å²) in [7, 11) is 0. The largest absolute Gasteiger partial charge is 0.309 e. The highest BCUT2D eigenvalue weighted by atomic mass is 32.1. The van der Waals surface area contributed by atoms with E-state index in [1.165, 1.54) is 16.2 Å². The Bertz CT molecular complexity index is 229. The lowest BCUT2D eigenvalue weighted by Crippen LogP contribution is -2.18. The van der Waals surface area contributed by atoms with Crippen molar-refractivity contribution in [3.63, 3.8) is 0 Å². The van der Waals surface area contributed by atoms with Gasteiger partial charge in [0.1, 0.15) is 0 Å². The Morgan fingerprint density at radius 2 is 2.25 bits per heavy atom. The highest BCUT2D eigenvalue weighted by molar-refractivity contribution is 7.12. The lowest BCUT2D eigenvalue weighted by Gasteiger charge is -2.10. The maximum absolute atomic E-state index is 3.47. The minimum atomic E-state index is 0.517. The van der Waals surface area contributed by atoms with Gasteiger partial charge >= 0.3 is 0 Å². The molecule has 1 aromatic rings. The fourth-order valence-corrected chi connectivity index (χ4v) is 2.05. The Labute approximate surface area is 78.8 Å². The summed E-state index contributed by atoms with van der Waals surface area (Å²) in [6.45, 7) is 7.68. The summed E-state index contributed by atoms with van der Waals surface area (Å²) in [6, 6.07) is 4.92. The molecule has 1 atom stereocenters. The summed E-state index contributed by atoms with van der Waals surface area (Å²) in [5.41, 5.74) is 0. The van der Waals surface area contributed by atoms with Gasteiger partial charge in [0.15, 0.2) is 0 Å². The molecular formula is C10H17NS. The Morgan fingerprint density at radius 3 is 2.75 bits per heavy atom. The Morgan fingerprint density at radius 1 is 1.50 bits per heavy atom. The predicted molar refractivity (Wildman–Crippen MR) is 55.8 cm³/mol. The lowest BCUT2D eigenvalue weighted by atomic mass is 10.2. The molecule has 1 rings (SSSR count). The first-order valence-corrected chi connectivity index (χ1v) is 5.35. The summed E-state index contributed by atoms with van der Waals surface area (Å²) in [5.74, 6) is 0. The Hall–Kier alpha value is -0.340. The molecule has 0 saturated carbocycles. The molecule has 68 valence electrons. The van der Waals surface area contributed by atoms with Gasteiger partial charge in [0.2, 0.25) is 0 Å². The van der Waals surface area contributed by atoms with E-state index in [2.05, 4.69) is 38.2 Å². The zero-order valence-corrected chi connectivity index (χ0v) is 8.87. The van der Waals surface area contributed by atoms with Crippen molar-refractivity contribution < 1.29 is 0 Å². The van der Waals surface area contributed by atoms with Crippen molar-refractivity contribution in [3.05, 3.63) is 21.9 Å². The van der Waals surface area contributed by atoms with E-state index in [9.17, 15) is 0 Å². The Balaban J connectivity index is 2.47. The van der Waals surface area contributed by atoms with Crippen LogP contribution in [0, 0.1) is 6.92 Å². The van der Waals surface area contributed by atoms with Gasteiger partial charge in [0.05, 0.1) is 0 Å². The highest BCUT2D eigenvalue weighted by Crippen LogP contribution is 2.21. The monoisotopic (exact) mass is 183 g/mol. The molecule has 0 aromatic carbocycles. The first-order valence-electron chi connectivity index (χ1n) is 4.53. The number of thiophene rings is 1. The minimum absolute atomic E-state index is 0.517. The van der Waals surface area contributed by atoms with Crippen molar-refractivity contribution in [1.29, 1.82) is 0 Å². The SMILES string of the molecule is CCCN[C@H](C)c1ccc(C)s1. The summed E-state index contributed by atoms with van der Waals surface area (Å²) < 4.78 is 0. The van der Waals surface area contributed by atoms with Gasteiger partial charge in [-0.05, 0) is 38.9 Å². The van der Waals surface area contributed by atoms with Crippen molar-refractivity contribution in [2.75, 3.05) is 6.54 Å². The van der Waals surface area contributed by atoms with Gasteiger partial charge in [-0.25, -0.2) is 0 Å². The van der Waals surface area contributed by atoms with E-state index in [0.29, 0.717) is 6.04 Å². The van der Waals surface area contributed by atoms with Crippen molar-refractivity contribution in [2.24, 2.45) is 0 Å². The molecule has 1 N–H and O–H groups in total. The lowest BCUT2D eigenvalue weighted by molar-refractivity contribution is 0.578. The highest BCUT2D eigenvalue weighted by Gasteiger charge is 2.04. The first-order chi connectivity index (χ1) is 5.74. The van der Waals surface area contributed by atoms with E-state index in [1.54, 1.807) is 0 Å². The van der Waals surface area contributed by atoms with E-state index in [-0.39, 0.29) is 0 Å². The standard InChI is InChI=1S/C10H17NS/c1-4-7-11-9(3)10-6-5-8(2)12-10/h5-6,9,11H,4,7H2,1-3H3/t9-/m1/s1. The van der Waals surface area contributed by atoms with E-state index in [1.807, 2.05) is 11.3 Å². The number of rotatable bonds is 4. The zero-order chi connectivity index (χ0) is 8.97. The second kappa shape index (κ2) is 4.63. The van der Waals surface area contributed by atoms with E-state index in [4.69, 9.17) is 0 Å². The van der Waals surface area contributed by atoms with Crippen molar-refractivity contribution in [3.8, 4) is 0 Å². The summed E-state index contributed by atoms with van der Waals surface area (Å²) >= 11 is 1.88. The zero-order valence-electron chi connectivity index (χ0n) is 8.05. The first kappa shape index (κ1) is 9.75. The summed E-state index contributed by atoms with van der Waals surface area (Å²) in [5, 5.41) is 3.47. The molecule has 0 amide bonds. The third-order valence-electron chi connectivity index (χ3n) is 1.89. The van der Waals surface area contributed by atoms with Crippen molar-refractivity contribution in [2.45, 2.75) is 33.2 Å². The number of hydrogen-bond acceptors (Lipinski definition) is 2. The van der Waals surface area contributed by atoms with Gasteiger partial charge in [-0.3, -0.25) is 0 Å². The van der Waals surface area contributed by atoms with Gasteiger partial charge in [0.25, 0.3) is 0 Å². The van der Waals surface area contributed by atoms with Crippen LogP contribution < -0.4 is 5.32 Å². The molecule has 1 heterocycles. The molecule has 0 unspecified atom stereocenters. The molecule has 2 heteroatoms. The molecule has 1 nitrogen and oxygen atoms in total. The smallest absolute Gasteiger partial charge is 0.0386 e. The number of nitrogens with one attached hydrogen (secondary N) is 1. The normalized spacial score (nSPS) is 13.2. The van der Waals surface area contributed by atoms with Crippen LogP contribution in [-0.4, -0.2) is 6.54 Å². The molecular weight excluding hydrogens is 166 g/mol. The van der Waals surface area contributed by atoms with Crippen LogP contribution in [0.2, 0.25) is 0 Å². The molecule has 1 aromatic heterocycles.